The molecule has 6 nitrogen and oxygen atoms in total. The Morgan fingerprint density at radius 3 is 2.60 bits per heavy atom. The van der Waals surface area contributed by atoms with Crippen LogP contribution in [0.15, 0.2) is 78.1 Å². The van der Waals surface area contributed by atoms with Crippen molar-refractivity contribution in [2.45, 2.75) is 83.6 Å². The normalized spacial score (nSPS) is 22.9. The lowest BCUT2D eigenvalue weighted by Crippen LogP contribution is -2.42. The van der Waals surface area contributed by atoms with E-state index in [1.54, 1.807) is 17.1 Å². The summed E-state index contributed by atoms with van der Waals surface area (Å²) in [5.74, 6) is 0.000171. The number of nitrogens with one attached hydrogen (secondary N) is 1. The molecule has 1 amide bonds. The first-order valence-corrected chi connectivity index (χ1v) is 14.6. The molecule has 1 aliphatic heterocycles. The van der Waals surface area contributed by atoms with Gasteiger partial charge >= 0.3 is 0 Å². The number of likely N-dealkylation sites (tertiary alicyclic amines) is 1. The lowest BCUT2D eigenvalue weighted by molar-refractivity contribution is -0.115. The van der Waals surface area contributed by atoms with Crippen LogP contribution in [0.25, 0.3) is 6.08 Å². The summed E-state index contributed by atoms with van der Waals surface area (Å²) in [7, 11) is 0. The molecule has 6 heteroatoms. The fourth-order valence-corrected chi connectivity index (χ4v) is 6.44. The molecule has 1 aromatic heterocycles. The summed E-state index contributed by atoms with van der Waals surface area (Å²) in [4.78, 5) is 28.6. The maximum Gasteiger partial charge on any atom is 0.254 e. The highest BCUT2D eigenvalue weighted by atomic mass is 16.2. The SMILES string of the molecule is C[C@@H]1CCC[C@H](C)N1Cc1ccc2c(c1)C=C(C1=CC(NC(=O)c3cnn(Cc4ccccc4)c3)CCC1=O)C2. The van der Waals surface area contributed by atoms with Gasteiger partial charge in [-0.3, -0.25) is 19.2 Å². The van der Waals surface area contributed by atoms with E-state index in [1.165, 1.54) is 36.0 Å². The van der Waals surface area contributed by atoms with Crippen molar-refractivity contribution >= 4 is 17.8 Å². The molecule has 1 saturated heterocycles. The molecule has 6 rings (SSSR count). The molecule has 0 saturated carbocycles. The van der Waals surface area contributed by atoms with E-state index in [9.17, 15) is 9.59 Å². The Balaban J connectivity index is 1.13. The molecule has 1 unspecified atom stereocenters. The minimum Gasteiger partial charge on any atom is -0.346 e. The van der Waals surface area contributed by atoms with E-state index in [1.807, 2.05) is 36.4 Å². The highest BCUT2D eigenvalue weighted by molar-refractivity contribution is 6.03. The lowest BCUT2D eigenvalue weighted by Gasteiger charge is -2.39. The summed E-state index contributed by atoms with van der Waals surface area (Å²) in [5, 5.41) is 7.48. The van der Waals surface area contributed by atoms with Gasteiger partial charge in [0.2, 0.25) is 0 Å². The summed E-state index contributed by atoms with van der Waals surface area (Å²) >= 11 is 0. The summed E-state index contributed by atoms with van der Waals surface area (Å²) < 4.78 is 1.78. The average molecular weight is 535 g/mol. The molecule has 0 spiro atoms. The predicted molar refractivity (Wildman–Crippen MR) is 158 cm³/mol. The van der Waals surface area contributed by atoms with Gasteiger partial charge < -0.3 is 5.32 Å². The first-order valence-electron chi connectivity index (χ1n) is 14.6. The number of hydrogen-bond acceptors (Lipinski definition) is 4. The van der Waals surface area contributed by atoms with Crippen LogP contribution in [0.1, 0.15) is 78.6 Å². The second-order valence-corrected chi connectivity index (χ2v) is 11.7. The van der Waals surface area contributed by atoms with Crippen LogP contribution >= 0.6 is 0 Å². The third-order valence-corrected chi connectivity index (χ3v) is 8.76. The number of hydrogen-bond donors (Lipinski definition) is 1. The number of ketones is 1. The molecule has 2 heterocycles. The Kier molecular flexibility index (Phi) is 7.53. The molecule has 3 aromatic rings. The Hall–Kier alpha value is -3.77. The van der Waals surface area contributed by atoms with Gasteiger partial charge in [0.15, 0.2) is 5.78 Å². The van der Waals surface area contributed by atoms with Crippen LogP contribution in [0.4, 0.5) is 0 Å². The van der Waals surface area contributed by atoms with Crippen LogP contribution in [-0.2, 0) is 24.3 Å². The van der Waals surface area contributed by atoms with E-state index in [0.29, 0.717) is 37.0 Å². The van der Waals surface area contributed by atoms with Crippen molar-refractivity contribution < 1.29 is 9.59 Å². The van der Waals surface area contributed by atoms with E-state index in [2.05, 4.69) is 53.4 Å². The van der Waals surface area contributed by atoms with Crippen LogP contribution in [0.2, 0.25) is 0 Å². The highest BCUT2D eigenvalue weighted by Gasteiger charge is 2.28. The van der Waals surface area contributed by atoms with Crippen LogP contribution in [0.3, 0.4) is 0 Å². The van der Waals surface area contributed by atoms with E-state index < -0.39 is 0 Å². The lowest BCUT2D eigenvalue weighted by atomic mass is 9.88. The average Bonchev–Trinajstić information content (AvgIpc) is 3.59. The topological polar surface area (TPSA) is 67.2 Å². The zero-order chi connectivity index (χ0) is 27.6. The number of carbonyl (C=O) groups excluding carboxylic acids is 2. The maximum absolute atomic E-state index is 13.0. The van der Waals surface area contributed by atoms with Crippen LogP contribution in [0, 0.1) is 0 Å². The van der Waals surface area contributed by atoms with Gasteiger partial charge in [-0.05, 0) is 67.4 Å². The van der Waals surface area contributed by atoms with Gasteiger partial charge in [0.05, 0.1) is 18.3 Å². The fourth-order valence-electron chi connectivity index (χ4n) is 6.44. The molecule has 3 aliphatic rings. The molecule has 1 fully saturated rings. The third-order valence-electron chi connectivity index (χ3n) is 8.76. The minimum atomic E-state index is -0.181. The smallest absolute Gasteiger partial charge is 0.254 e. The van der Waals surface area contributed by atoms with Crippen LogP contribution < -0.4 is 5.32 Å². The standard InChI is InChI=1S/C34H38N4O2/c1-23-7-6-8-24(2)38(23)21-26-11-12-27-16-29(17-28(27)15-26)32-18-31(13-14-33(32)39)36-34(40)30-19-35-37(22-30)20-25-9-4-3-5-10-25/h3-5,9-12,15,17-19,22-24,31H,6-8,13-14,16,20-21H2,1-2H3,(H,36,40)/t23-,24+,31?. The Labute approximate surface area is 236 Å². The number of carbonyl (C=O) groups is 2. The van der Waals surface area contributed by atoms with Crippen molar-refractivity contribution in [2.75, 3.05) is 0 Å². The molecular weight excluding hydrogens is 496 g/mol. The Bertz CT molecular complexity index is 1460. The quantitative estimate of drug-likeness (QED) is 0.421. The van der Waals surface area contributed by atoms with Crippen molar-refractivity contribution in [1.29, 1.82) is 0 Å². The molecular formula is C34H38N4O2. The van der Waals surface area contributed by atoms with Crippen molar-refractivity contribution in [3.8, 4) is 0 Å². The molecule has 3 atom stereocenters. The minimum absolute atomic E-state index is 0.163. The second-order valence-electron chi connectivity index (χ2n) is 11.7. The number of aromatic nitrogens is 2. The molecule has 206 valence electrons. The molecule has 1 N–H and O–H groups in total. The van der Waals surface area contributed by atoms with E-state index in [4.69, 9.17) is 0 Å². The largest absolute Gasteiger partial charge is 0.346 e. The summed E-state index contributed by atoms with van der Waals surface area (Å²) in [6.07, 6.45) is 13.2. The van der Waals surface area contributed by atoms with E-state index >= 15 is 0 Å². The number of fused-ring (bicyclic) bond motifs is 1. The van der Waals surface area contributed by atoms with Crippen molar-refractivity contribution in [2.24, 2.45) is 0 Å². The Morgan fingerprint density at radius 1 is 1.00 bits per heavy atom. The van der Waals surface area contributed by atoms with E-state index in [0.717, 1.165) is 29.7 Å². The fraction of sp³-hybridized carbons (Fsp3) is 0.382. The number of benzene rings is 2. The number of nitrogens with zero attached hydrogens (tertiary/aromatic N) is 3. The second kappa shape index (κ2) is 11.4. The Morgan fingerprint density at radius 2 is 1.80 bits per heavy atom. The molecule has 2 aliphatic carbocycles. The van der Waals surface area contributed by atoms with Gasteiger partial charge in [-0.2, -0.15) is 5.10 Å². The number of allylic oxidation sites excluding steroid dienone is 2. The zero-order valence-electron chi connectivity index (χ0n) is 23.5. The predicted octanol–water partition coefficient (Wildman–Crippen LogP) is 5.72. The monoisotopic (exact) mass is 534 g/mol. The van der Waals surface area contributed by atoms with Gasteiger partial charge in [0.1, 0.15) is 0 Å². The summed E-state index contributed by atoms with van der Waals surface area (Å²) in [6.45, 7) is 6.27. The highest BCUT2D eigenvalue weighted by Crippen LogP contribution is 2.34. The third kappa shape index (κ3) is 5.73. The van der Waals surface area contributed by atoms with Gasteiger partial charge in [0.25, 0.3) is 5.91 Å². The molecule has 0 radical (unpaired) electrons. The van der Waals surface area contributed by atoms with Gasteiger partial charge in [-0.25, -0.2) is 0 Å². The number of Topliss-reactive ketones (excluding diaryl/α,β-unsaturated/α-hetero) is 1. The first kappa shape index (κ1) is 26.5. The number of amides is 1. The van der Waals surface area contributed by atoms with Crippen molar-refractivity contribution in [3.05, 3.63) is 106 Å². The van der Waals surface area contributed by atoms with Crippen molar-refractivity contribution in [3.63, 3.8) is 0 Å². The van der Waals surface area contributed by atoms with Crippen LogP contribution in [0.5, 0.6) is 0 Å². The maximum atomic E-state index is 13.0. The summed E-state index contributed by atoms with van der Waals surface area (Å²) in [6, 6.07) is 17.9. The molecule has 0 bridgehead atoms. The van der Waals surface area contributed by atoms with Gasteiger partial charge in [-0.1, -0.05) is 67.1 Å². The van der Waals surface area contributed by atoms with Gasteiger partial charge in [-0.15, -0.1) is 0 Å². The number of piperidine rings is 1. The van der Waals surface area contributed by atoms with E-state index in [-0.39, 0.29) is 17.7 Å². The zero-order valence-corrected chi connectivity index (χ0v) is 23.5. The summed E-state index contributed by atoms with van der Waals surface area (Å²) in [5.41, 5.74) is 7.29. The first-order chi connectivity index (χ1) is 19.4. The van der Waals surface area contributed by atoms with Gasteiger partial charge in [0, 0.05) is 42.9 Å². The van der Waals surface area contributed by atoms with Crippen molar-refractivity contribution in [1.82, 2.24) is 20.0 Å². The van der Waals surface area contributed by atoms with Crippen LogP contribution in [-0.4, -0.2) is 44.5 Å². The molecule has 40 heavy (non-hydrogen) atoms. The number of rotatable bonds is 7. The molecule has 2 aromatic carbocycles.